The number of hydrogen-bond acceptors (Lipinski definition) is 6. The molecule has 1 amide bonds. The lowest BCUT2D eigenvalue weighted by Gasteiger charge is -2.21. The molecule has 1 aromatic heterocycles. The van der Waals surface area contributed by atoms with Crippen LogP contribution in [0.4, 0.5) is 22.0 Å². The van der Waals surface area contributed by atoms with E-state index in [2.05, 4.69) is 20.0 Å². The van der Waals surface area contributed by atoms with E-state index in [9.17, 15) is 4.79 Å². The van der Waals surface area contributed by atoms with Gasteiger partial charge in [-0.2, -0.15) is 0 Å². The number of nitrogens with one attached hydrogen (secondary N) is 1. The quantitative estimate of drug-likeness (QED) is 0.767. The van der Waals surface area contributed by atoms with Crippen molar-refractivity contribution in [3.8, 4) is 5.75 Å². The number of rotatable bonds is 4. The molecule has 0 unspecified atom stereocenters. The molecule has 0 spiro atoms. The smallest absolute Gasteiger partial charge is 0.411 e. The van der Waals surface area contributed by atoms with Crippen LogP contribution in [0.1, 0.15) is 5.82 Å². The van der Waals surface area contributed by atoms with Gasteiger partial charge in [0.1, 0.15) is 17.4 Å². The number of aromatic nitrogens is 2. The molecular formula is C19H20N4O3. The van der Waals surface area contributed by atoms with E-state index in [0.717, 1.165) is 28.2 Å². The van der Waals surface area contributed by atoms with Gasteiger partial charge in [0.25, 0.3) is 0 Å². The van der Waals surface area contributed by atoms with Gasteiger partial charge in [-0.3, -0.25) is 5.32 Å². The fourth-order valence-electron chi connectivity index (χ4n) is 2.66. The summed E-state index contributed by atoms with van der Waals surface area (Å²) in [6, 6.07) is 13.2. The Morgan fingerprint density at radius 1 is 1.08 bits per heavy atom. The van der Waals surface area contributed by atoms with Crippen LogP contribution >= 0.6 is 0 Å². The summed E-state index contributed by atoms with van der Waals surface area (Å²) in [6.45, 7) is 1.85. The molecule has 1 N–H and O–H groups in total. The van der Waals surface area contributed by atoms with E-state index in [0.29, 0.717) is 11.5 Å². The van der Waals surface area contributed by atoms with Crippen LogP contribution in [0.15, 0.2) is 42.5 Å². The number of aryl methyl sites for hydroxylation is 1. The molecule has 2 aromatic carbocycles. The van der Waals surface area contributed by atoms with Crippen molar-refractivity contribution in [1.82, 2.24) is 9.97 Å². The largest absolute Gasteiger partial charge is 0.497 e. The first-order valence-corrected chi connectivity index (χ1v) is 8.03. The zero-order valence-electron chi connectivity index (χ0n) is 15.1. The summed E-state index contributed by atoms with van der Waals surface area (Å²) in [5, 5.41) is 3.49. The number of ether oxygens (including phenoxy) is 2. The predicted octanol–water partition coefficient (Wildman–Crippen LogP) is 3.89. The maximum Gasteiger partial charge on any atom is 0.411 e. The third kappa shape index (κ3) is 3.51. The second kappa shape index (κ2) is 7.26. The monoisotopic (exact) mass is 352 g/mol. The Kier molecular flexibility index (Phi) is 4.88. The molecule has 0 aliphatic rings. The van der Waals surface area contributed by atoms with E-state index < -0.39 is 6.09 Å². The van der Waals surface area contributed by atoms with Gasteiger partial charge in [-0.25, -0.2) is 14.8 Å². The van der Waals surface area contributed by atoms with E-state index in [4.69, 9.17) is 4.74 Å². The lowest BCUT2D eigenvalue weighted by atomic mass is 10.2. The Bertz CT molecular complexity index is 941. The third-order valence-corrected chi connectivity index (χ3v) is 4.00. The fourth-order valence-corrected chi connectivity index (χ4v) is 2.66. The van der Waals surface area contributed by atoms with Crippen LogP contribution in [-0.2, 0) is 4.74 Å². The summed E-state index contributed by atoms with van der Waals surface area (Å²) in [4.78, 5) is 22.5. The highest BCUT2D eigenvalue weighted by Crippen LogP contribution is 2.31. The Labute approximate surface area is 151 Å². The van der Waals surface area contributed by atoms with Gasteiger partial charge in [0.05, 0.1) is 19.7 Å². The Morgan fingerprint density at radius 3 is 2.46 bits per heavy atom. The number of nitrogens with zero attached hydrogens (tertiary/aromatic N) is 3. The zero-order valence-corrected chi connectivity index (χ0v) is 15.1. The van der Waals surface area contributed by atoms with Crippen molar-refractivity contribution in [3.63, 3.8) is 0 Å². The number of anilines is 3. The standard InChI is InChI=1S/C19H20N4O3/c1-12-20-17-10-5-13(22-19(24)26-4)11-16(17)18(21-12)23(2)14-6-8-15(25-3)9-7-14/h5-11H,1-4H3,(H,22,24). The highest BCUT2D eigenvalue weighted by atomic mass is 16.5. The first kappa shape index (κ1) is 17.5. The van der Waals surface area contributed by atoms with Crippen molar-refractivity contribution in [2.24, 2.45) is 0 Å². The van der Waals surface area contributed by atoms with E-state index in [-0.39, 0.29) is 0 Å². The van der Waals surface area contributed by atoms with Crippen molar-refractivity contribution in [2.75, 3.05) is 31.5 Å². The molecule has 0 atom stereocenters. The molecular weight excluding hydrogens is 332 g/mol. The molecule has 0 aliphatic heterocycles. The van der Waals surface area contributed by atoms with Gasteiger partial charge < -0.3 is 14.4 Å². The topological polar surface area (TPSA) is 76.6 Å². The minimum atomic E-state index is -0.526. The Balaban J connectivity index is 2.07. The van der Waals surface area contributed by atoms with Crippen LogP contribution in [0.5, 0.6) is 5.75 Å². The number of benzene rings is 2. The minimum absolute atomic E-state index is 0.526. The summed E-state index contributed by atoms with van der Waals surface area (Å²) in [7, 11) is 4.89. The van der Waals surface area contributed by atoms with Gasteiger partial charge in [0.2, 0.25) is 0 Å². The van der Waals surface area contributed by atoms with Crippen molar-refractivity contribution in [1.29, 1.82) is 0 Å². The first-order chi connectivity index (χ1) is 12.5. The molecule has 0 radical (unpaired) electrons. The molecule has 3 rings (SSSR count). The zero-order chi connectivity index (χ0) is 18.7. The van der Waals surface area contributed by atoms with E-state index in [1.165, 1.54) is 7.11 Å². The Hall–Kier alpha value is -3.35. The summed E-state index contributed by atoms with van der Waals surface area (Å²) < 4.78 is 9.86. The summed E-state index contributed by atoms with van der Waals surface area (Å²) in [6.07, 6.45) is -0.526. The average molecular weight is 352 g/mol. The fraction of sp³-hybridized carbons (Fsp3) is 0.211. The number of methoxy groups -OCH3 is 2. The number of carbonyl (C=O) groups is 1. The number of fused-ring (bicyclic) bond motifs is 1. The van der Waals surface area contributed by atoms with Crippen LogP contribution in [-0.4, -0.2) is 37.3 Å². The third-order valence-electron chi connectivity index (χ3n) is 4.00. The minimum Gasteiger partial charge on any atom is -0.497 e. The molecule has 26 heavy (non-hydrogen) atoms. The van der Waals surface area contributed by atoms with Crippen molar-refractivity contribution < 1.29 is 14.3 Å². The van der Waals surface area contributed by atoms with Gasteiger partial charge in [-0.05, 0) is 49.4 Å². The molecule has 1 heterocycles. The summed E-state index contributed by atoms with van der Waals surface area (Å²) in [5.74, 6) is 2.20. The molecule has 0 aliphatic carbocycles. The van der Waals surface area contributed by atoms with Crippen LogP contribution < -0.4 is 15.0 Å². The van der Waals surface area contributed by atoms with Gasteiger partial charge in [0, 0.05) is 23.8 Å². The first-order valence-electron chi connectivity index (χ1n) is 8.03. The molecule has 0 saturated heterocycles. The molecule has 3 aromatic rings. The number of hydrogen-bond donors (Lipinski definition) is 1. The molecule has 7 heteroatoms. The van der Waals surface area contributed by atoms with E-state index in [1.807, 2.05) is 55.3 Å². The highest BCUT2D eigenvalue weighted by Gasteiger charge is 2.13. The second-order valence-electron chi connectivity index (χ2n) is 5.70. The van der Waals surface area contributed by atoms with E-state index in [1.54, 1.807) is 13.2 Å². The maximum absolute atomic E-state index is 11.5. The highest BCUT2D eigenvalue weighted by molar-refractivity contribution is 5.96. The van der Waals surface area contributed by atoms with Crippen molar-refractivity contribution in [3.05, 3.63) is 48.3 Å². The van der Waals surface area contributed by atoms with Crippen LogP contribution in [0.25, 0.3) is 10.9 Å². The lowest BCUT2D eigenvalue weighted by molar-refractivity contribution is 0.187. The Morgan fingerprint density at radius 2 is 1.81 bits per heavy atom. The van der Waals surface area contributed by atoms with Gasteiger partial charge in [-0.15, -0.1) is 0 Å². The summed E-state index contributed by atoms with van der Waals surface area (Å²) in [5.41, 5.74) is 2.36. The molecule has 7 nitrogen and oxygen atoms in total. The molecule has 0 saturated carbocycles. The maximum atomic E-state index is 11.5. The van der Waals surface area contributed by atoms with Crippen molar-refractivity contribution >= 4 is 34.2 Å². The lowest BCUT2D eigenvalue weighted by Crippen LogP contribution is -2.14. The average Bonchev–Trinajstić information content (AvgIpc) is 2.67. The number of amides is 1. The molecule has 134 valence electrons. The van der Waals surface area contributed by atoms with Gasteiger partial charge >= 0.3 is 6.09 Å². The van der Waals surface area contributed by atoms with Crippen LogP contribution in [0, 0.1) is 6.92 Å². The summed E-state index contributed by atoms with van der Waals surface area (Å²) >= 11 is 0. The van der Waals surface area contributed by atoms with Gasteiger partial charge in [0.15, 0.2) is 0 Å². The van der Waals surface area contributed by atoms with Crippen LogP contribution in [0.2, 0.25) is 0 Å². The van der Waals surface area contributed by atoms with Crippen LogP contribution in [0.3, 0.4) is 0 Å². The van der Waals surface area contributed by atoms with Gasteiger partial charge in [-0.1, -0.05) is 0 Å². The van der Waals surface area contributed by atoms with E-state index >= 15 is 0 Å². The molecule has 0 fully saturated rings. The normalized spacial score (nSPS) is 10.5. The number of carbonyl (C=O) groups excluding carboxylic acids is 1. The predicted molar refractivity (Wildman–Crippen MR) is 101 cm³/mol. The molecule has 0 bridgehead atoms. The van der Waals surface area contributed by atoms with Crippen molar-refractivity contribution in [2.45, 2.75) is 6.92 Å². The SMILES string of the molecule is COC(=O)Nc1ccc2nc(C)nc(N(C)c3ccc(OC)cc3)c2c1. The second-order valence-corrected chi connectivity index (χ2v) is 5.70.